The summed E-state index contributed by atoms with van der Waals surface area (Å²) in [5.74, 6) is -0.363. The molecule has 2 aromatic heterocycles. The largest absolute Gasteiger partial charge is 0.478 e. The van der Waals surface area contributed by atoms with Crippen molar-refractivity contribution in [3.05, 3.63) is 75.8 Å². The van der Waals surface area contributed by atoms with Gasteiger partial charge in [-0.05, 0) is 36.8 Å². The third-order valence-electron chi connectivity index (χ3n) is 7.34. The fourth-order valence-corrected chi connectivity index (χ4v) is 5.56. The van der Waals surface area contributed by atoms with E-state index in [9.17, 15) is 14.0 Å². The molecule has 1 fully saturated rings. The minimum absolute atomic E-state index is 0.0450. The molecule has 4 aromatic rings. The standard InChI is InChI=1S/C30H30Cl2FN5O4/c1-17(25-22(31)8-9-23(33)26(25)32)42-28-27-20(14-35-29(28)34)21(16-41-27)18-4-6-19(7-5-18)30(40)38-12-10-37(11-13-38)15-24(39)36(2)3/h4-9,14,16-17H,10-13,15H2,1-3H3,(H2,34,35)/t17-/m1/s1. The number of amides is 2. The maximum absolute atomic E-state index is 14.1. The van der Waals surface area contributed by atoms with Gasteiger partial charge in [-0.1, -0.05) is 35.3 Å². The van der Waals surface area contributed by atoms with Crippen molar-refractivity contribution in [1.29, 1.82) is 0 Å². The first-order chi connectivity index (χ1) is 20.0. The van der Waals surface area contributed by atoms with Crippen molar-refractivity contribution < 1.29 is 23.1 Å². The number of aromatic nitrogens is 1. The van der Waals surface area contributed by atoms with Gasteiger partial charge in [0, 0.05) is 68.2 Å². The van der Waals surface area contributed by atoms with Crippen LogP contribution in [-0.2, 0) is 4.79 Å². The molecule has 42 heavy (non-hydrogen) atoms. The van der Waals surface area contributed by atoms with Crippen molar-refractivity contribution >= 4 is 51.8 Å². The number of fused-ring (bicyclic) bond motifs is 1. The molecule has 1 aliphatic rings. The average molecular weight is 615 g/mol. The zero-order chi connectivity index (χ0) is 30.1. The first-order valence-electron chi connectivity index (χ1n) is 13.3. The van der Waals surface area contributed by atoms with Crippen molar-refractivity contribution in [2.24, 2.45) is 0 Å². The van der Waals surface area contributed by atoms with Crippen molar-refractivity contribution in [3.8, 4) is 16.9 Å². The Morgan fingerprint density at radius 2 is 1.81 bits per heavy atom. The molecule has 220 valence electrons. The summed E-state index contributed by atoms with van der Waals surface area (Å²) in [6, 6.07) is 9.83. The van der Waals surface area contributed by atoms with E-state index < -0.39 is 11.9 Å². The third-order valence-corrected chi connectivity index (χ3v) is 8.06. The minimum Gasteiger partial charge on any atom is -0.478 e. The number of hydrogen-bond donors (Lipinski definition) is 1. The van der Waals surface area contributed by atoms with Crippen LogP contribution in [0.15, 0.2) is 53.3 Å². The Bertz CT molecular complexity index is 1640. The maximum Gasteiger partial charge on any atom is 0.253 e. The highest BCUT2D eigenvalue weighted by atomic mass is 35.5. The van der Waals surface area contributed by atoms with E-state index in [2.05, 4.69) is 9.88 Å². The number of piperazine rings is 1. The summed E-state index contributed by atoms with van der Waals surface area (Å²) in [5, 5.41) is 0.763. The Kier molecular flexibility index (Phi) is 8.58. The molecule has 0 radical (unpaired) electrons. The van der Waals surface area contributed by atoms with Crippen molar-refractivity contribution in [3.63, 3.8) is 0 Å². The van der Waals surface area contributed by atoms with Crippen molar-refractivity contribution in [2.45, 2.75) is 13.0 Å². The van der Waals surface area contributed by atoms with E-state index >= 15 is 0 Å². The highest BCUT2D eigenvalue weighted by Crippen LogP contribution is 2.41. The fourth-order valence-electron chi connectivity index (χ4n) is 4.89. The Hall–Kier alpha value is -3.86. The number of nitrogen functional groups attached to an aromatic ring is 1. The van der Waals surface area contributed by atoms with E-state index in [-0.39, 0.29) is 39.0 Å². The Morgan fingerprint density at radius 3 is 2.48 bits per heavy atom. The molecular formula is C30H30Cl2FN5O4. The van der Waals surface area contributed by atoms with E-state index in [4.69, 9.17) is 38.1 Å². The smallest absolute Gasteiger partial charge is 0.253 e. The van der Waals surface area contributed by atoms with Crippen LogP contribution in [0.25, 0.3) is 22.1 Å². The molecule has 12 heteroatoms. The van der Waals surface area contributed by atoms with Gasteiger partial charge in [0.1, 0.15) is 11.9 Å². The summed E-state index contributed by atoms with van der Waals surface area (Å²) in [5.41, 5.74) is 8.88. The number of benzene rings is 2. The third kappa shape index (κ3) is 5.88. The number of rotatable bonds is 7. The number of nitrogens with zero attached hydrogens (tertiary/aromatic N) is 4. The van der Waals surface area contributed by atoms with Gasteiger partial charge >= 0.3 is 0 Å². The summed E-state index contributed by atoms with van der Waals surface area (Å²) in [7, 11) is 3.47. The van der Waals surface area contributed by atoms with Crippen LogP contribution in [-0.4, -0.2) is 78.3 Å². The predicted octanol–water partition coefficient (Wildman–Crippen LogP) is 5.51. The molecule has 3 heterocycles. The summed E-state index contributed by atoms with van der Waals surface area (Å²) in [6.07, 6.45) is 2.39. The number of carbonyl (C=O) groups excluding carboxylic acids is 2. The number of likely N-dealkylation sites (N-methyl/N-ethyl adjacent to an activating group) is 1. The SMILES string of the molecule is C[C@@H](Oc1c(N)ncc2c(-c3ccc(C(=O)N4CCN(CC(=O)N(C)C)CC4)cc3)coc12)c1c(Cl)ccc(F)c1Cl. The van der Waals surface area contributed by atoms with Crippen LogP contribution < -0.4 is 10.5 Å². The molecule has 0 unspecified atom stereocenters. The molecule has 0 saturated carbocycles. The van der Waals surface area contributed by atoms with Crippen LogP contribution in [0.1, 0.15) is 28.9 Å². The minimum atomic E-state index is -0.760. The Labute approximate surface area is 252 Å². The molecule has 5 rings (SSSR count). The second kappa shape index (κ2) is 12.2. The number of nitrogens with two attached hydrogens (primary N) is 1. The number of pyridine rings is 1. The molecule has 2 amide bonds. The fraction of sp³-hybridized carbons (Fsp3) is 0.300. The molecule has 1 saturated heterocycles. The normalized spacial score (nSPS) is 14.7. The van der Waals surface area contributed by atoms with E-state index in [1.165, 1.54) is 12.1 Å². The number of ether oxygens (including phenoxy) is 1. The summed E-state index contributed by atoms with van der Waals surface area (Å²) in [4.78, 5) is 34.8. The first kappa shape index (κ1) is 29.6. The van der Waals surface area contributed by atoms with Crippen LogP contribution >= 0.6 is 23.2 Å². The quantitative estimate of drug-likeness (QED) is 0.274. The number of anilines is 1. The highest BCUT2D eigenvalue weighted by molar-refractivity contribution is 6.36. The number of furan rings is 1. The second-order valence-electron chi connectivity index (χ2n) is 10.3. The molecular weight excluding hydrogens is 584 g/mol. The van der Waals surface area contributed by atoms with E-state index in [0.29, 0.717) is 49.3 Å². The maximum atomic E-state index is 14.1. The molecule has 1 aliphatic heterocycles. The zero-order valence-electron chi connectivity index (χ0n) is 23.4. The second-order valence-corrected chi connectivity index (χ2v) is 11.1. The lowest BCUT2D eigenvalue weighted by Gasteiger charge is -2.34. The zero-order valence-corrected chi connectivity index (χ0v) is 24.9. The van der Waals surface area contributed by atoms with Crippen molar-refractivity contribution in [1.82, 2.24) is 19.7 Å². The predicted molar refractivity (Wildman–Crippen MR) is 160 cm³/mol. The van der Waals surface area contributed by atoms with Gasteiger partial charge < -0.3 is 24.7 Å². The summed E-state index contributed by atoms with van der Waals surface area (Å²) < 4.78 is 26.1. The molecule has 9 nitrogen and oxygen atoms in total. The van der Waals surface area contributed by atoms with Gasteiger partial charge in [-0.25, -0.2) is 9.37 Å². The summed E-state index contributed by atoms with van der Waals surface area (Å²) >= 11 is 12.4. The van der Waals surface area contributed by atoms with E-state index in [1.54, 1.807) is 55.4 Å². The molecule has 0 bridgehead atoms. The number of halogens is 3. The molecule has 0 aliphatic carbocycles. The van der Waals surface area contributed by atoms with Crippen LogP contribution in [0, 0.1) is 5.82 Å². The molecule has 2 aromatic carbocycles. The van der Waals surface area contributed by atoms with Crippen LogP contribution in [0.5, 0.6) is 5.75 Å². The van der Waals surface area contributed by atoms with Crippen LogP contribution in [0.2, 0.25) is 10.0 Å². The Balaban J connectivity index is 1.32. The lowest BCUT2D eigenvalue weighted by Crippen LogP contribution is -2.51. The molecule has 2 N–H and O–H groups in total. The van der Waals surface area contributed by atoms with Crippen LogP contribution in [0.4, 0.5) is 10.2 Å². The highest BCUT2D eigenvalue weighted by Gasteiger charge is 2.25. The van der Waals surface area contributed by atoms with Gasteiger partial charge in [0.05, 0.1) is 23.2 Å². The van der Waals surface area contributed by atoms with E-state index in [0.717, 1.165) is 11.1 Å². The Morgan fingerprint density at radius 1 is 1.12 bits per heavy atom. The van der Waals surface area contributed by atoms with Gasteiger partial charge in [0.15, 0.2) is 11.4 Å². The van der Waals surface area contributed by atoms with Gasteiger partial charge in [-0.2, -0.15) is 0 Å². The monoisotopic (exact) mass is 613 g/mol. The molecule has 1 atom stereocenters. The molecule has 0 spiro atoms. The average Bonchev–Trinajstić information content (AvgIpc) is 3.41. The van der Waals surface area contributed by atoms with Gasteiger partial charge in [0.2, 0.25) is 11.7 Å². The number of hydrogen-bond acceptors (Lipinski definition) is 7. The topological polar surface area (TPSA) is 105 Å². The first-order valence-corrected chi connectivity index (χ1v) is 14.1. The van der Waals surface area contributed by atoms with E-state index in [1.807, 2.05) is 12.1 Å². The van der Waals surface area contributed by atoms with Crippen molar-refractivity contribution in [2.75, 3.05) is 52.6 Å². The lowest BCUT2D eigenvalue weighted by atomic mass is 10.0. The lowest BCUT2D eigenvalue weighted by molar-refractivity contribution is -0.130. The van der Waals surface area contributed by atoms with Gasteiger partial charge in [-0.15, -0.1) is 0 Å². The number of carbonyl (C=O) groups is 2. The van der Waals surface area contributed by atoms with Crippen LogP contribution in [0.3, 0.4) is 0 Å². The summed E-state index contributed by atoms with van der Waals surface area (Å²) in [6.45, 7) is 4.40. The van der Waals surface area contributed by atoms with Gasteiger partial charge in [0.25, 0.3) is 5.91 Å². The van der Waals surface area contributed by atoms with Gasteiger partial charge in [-0.3, -0.25) is 14.5 Å².